The fraction of sp³-hybridized carbons (Fsp3) is 0.667. The first kappa shape index (κ1) is 14.1. The molecule has 1 fully saturated rings. The van der Waals surface area contributed by atoms with Crippen LogP contribution in [0.5, 0.6) is 0 Å². The van der Waals surface area contributed by atoms with Gasteiger partial charge in [0.2, 0.25) is 5.91 Å². The number of hydrogen-bond donors (Lipinski definition) is 2. The summed E-state index contributed by atoms with van der Waals surface area (Å²) in [5, 5.41) is 3.03. The lowest BCUT2D eigenvalue weighted by atomic mass is 9.76. The molecule has 19 heavy (non-hydrogen) atoms. The SMILES string of the molecule is CC1CCCC(N)(C(=O)NC(C)Cc2ccco2)C1. The summed E-state index contributed by atoms with van der Waals surface area (Å²) in [6.07, 6.45) is 6.14. The minimum Gasteiger partial charge on any atom is -0.469 e. The number of carbonyl (C=O) groups excluding carboxylic acids is 1. The van der Waals surface area contributed by atoms with Gasteiger partial charge in [-0.2, -0.15) is 0 Å². The molecule has 0 aromatic carbocycles. The van der Waals surface area contributed by atoms with Crippen LogP contribution in [0.25, 0.3) is 0 Å². The van der Waals surface area contributed by atoms with E-state index in [9.17, 15) is 4.79 Å². The van der Waals surface area contributed by atoms with E-state index in [1.165, 1.54) is 6.42 Å². The van der Waals surface area contributed by atoms with Crippen molar-refractivity contribution in [3.63, 3.8) is 0 Å². The van der Waals surface area contributed by atoms with Crippen LogP contribution < -0.4 is 11.1 Å². The van der Waals surface area contributed by atoms with Crippen LogP contribution in [0, 0.1) is 5.92 Å². The molecular formula is C15H24N2O2. The Morgan fingerprint density at radius 1 is 1.68 bits per heavy atom. The molecule has 0 spiro atoms. The number of rotatable bonds is 4. The molecule has 1 aromatic heterocycles. The Morgan fingerprint density at radius 3 is 3.11 bits per heavy atom. The van der Waals surface area contributed by atoms with Gasteiger partial charge in [-0.05, 0) is 37.8 Å². The molecule has 1 saturated carbocycles. The normalized spacial score (nSPS) is 28.9. The zero-order chi connectivity index (χ0) is 13.9. The van der Waals surface area contributed by atoms with E-state index in [2.05, 4.69) is 12.2 Å². The molecule has 0 radical (unpaired) electrons. The third kappa shape index (κ3) is 3.60. The largest absolute Gasteiger partial charge is 0.469 e. The van der Waals surface area contributed by atoms with Gasteiger partial charge in [-0.25, -0.2) is 0 Å². The Bertz CT molecular complexity index is 416. The number of nitrogens with one attached hydrogen (secondary N) is 1. The first-order valence-electron chi connectivity index (χ1n) is 7.12. The van der Waals surface area contributed by atoms with E-state index in [0.717, 1.165) is 25.0 Å². The number of carbonyl (C=O) groups is 1. The molecule has 2 rings (SSSR count). The first-order valence-corrected chi connectivity index (χ1v) is 7.12. The number of furan rings is 1. The highest BCUT2D eigenvalue weighted by Crippen LogP contribution is 2.30. The molecule has 1 amide bonds. The van der Waals surface area contributed by atoms with E-state index in [1.54, 1.807) is 6.26 Å². The number of amides is 1. The van der Waals surface area contributed by atoms with Crippen LogP contribution in [0.15, 0.2) is 22.8 Å². The molecule has 1 aromatic rings. The van der Waals surface area contributed by atoms with E-state index in [1.807, 2.05) is 19.1 Å². The lowest BCUT2D eigenvalue weighted by Crippen LogP contribution is -2.57. The summed E-state index contributed by atoms with van der Waals surface area (Å²) in [7, 11) is 0. The summed E-state index contributed by atoms with van der Waals surface area (Å²) < 4.78 is 5.29. The second kappa shape index (κ2) is 5.78. The zero-order valence-electron chi connectivity index (χ0n) is 11.8. The van der Waals surface area contributed by atoms with Crippen molar-refractivity contribution in [2.75, 3.05) is 0 Å². The van der Waals surface area contributed by atoms with E-state index < -0.39 is 5.54 Å². The van der Waals surface area contributed by atoms with Crippen molar-refractivity contribution >= 4 is 5.91 Å². The molecule has 4 heteroatoms. The Kier molecular flexibility index (Phi) is 4.30. The van der Waals surface area contributed by atoms with Crippen molar-refractivity contribution in [2.24, 2.45) is 11.7 Å². The average Bonchev–Trinajstić information content (AvgIpc) is 2.81. The standard InChI is InChI=1S/C15H24N2O2/c1-11-5-3-7-15(16,10-11)14(18)17-12(2)9-13-6-4-8-19-13/h4,6,8,11-12H,3,5,7,9-10,16H2,1-2H3,(H,17,18). The first-order chi connectivity index (χ1) is 8.99. The molecule has 1 heterocycles. The van der Waals surface area contributed by atoms with Gasteiger partial charge in [0.15, 0.2) is 0 Å². The fourth-order valence-electron chi connectivity index (χ4n) is 2.95. The Balaban J connectivity index is 1.89. The van der Waals surface area contributed by atoms with Crippen molar-refractivity contribution < 1.29 is 9.21 Å². The molecule has 3 unspecified atom stereocenters. The smallest absolute Gasteiger partial charge is 0.240 e. The van der Waals surface area contributed by atoms with E-state index in [0.29, 0.717) is 12.3 Å². The van der Waals surface area contributed by atoms with Crippen LogP contribution in [0.4, 0.5) is 0 Å². The topological polar surface area (TPSA) is 68.3 Å². The number of hydrogen-bond acceptors (Lipinski definition) is 3. The molecule has 3 atom stereocenters. The highest BCUT2D eigenvalue weighted by molar-refractivity contribution is 5.86. The van der Waals surface area contributed by atoms with Gasteiger partial charge in [0.1, 0.15) is 5.76 Å². The second-order valence-corrected chi connectivity index (χ2v) is 6.02. The monoisotopic (exact) mass is 264 g/mol. The van der Waals surface area contributed by atoms with Crippen molar-refractivity contribution in [2.45, 2.75) is 57.5 Å². The third-order valence-electron chi connectivity index (χ3n) is 3.95. The maximum Gasteiger partial charge on any atom is 0.240 e. The lowest BCUT2D eigenvalue weighted by molar-refractivity contribution is -0.128. The van der Waals surface area contributed by atoms with E-state index >= 15 is 0 Å². The minimum absolute atomic E-state index is 0.0156. The highest BCUT2D eigenvalue weighted by atomic mass is 16.3. The molecule has 1 aliphatic rings. The van der Waals surface area contributed by atoms with Crippen LogP contribution >= 0.6 is 0 Å². The van der Waals surface area contributed by atoms with Crippen molar-refractivity contribution in [3.8, 4) is 0 Å². The predicted octanol–water partition coefficient (Wildman–Crippen LogP) is 2.23. The van der Waals surface area contributed by atoms with Gasteiger partial charge in [0.25, 0.3) is 0 Å². The Morgan fingerprint density at radius 2 is 2.47 bits per heavy atom. The molecule has 0 aliphatic heterocycles. The van der Waals surface area contributed by atoms with Crippen LogP contribution in [0.2, 0.25) is 0 Å². The van der Waals surface area contributed by atoms with E-state index in [4.69, 9.17) is 10.2 Å². The summed E-state index contributed by atoms with van der Waals surface area (Å²) in [6, 6.07) is 3.82. The Hall–Kier alpha value is -1.29. The minimum atomic E-state index is -0.685. The zero-order valence-corrected chi connectivity index (χ0v) is 11.8. The summed E-state index contributed by atoms with van der Waals surface area (Å²) >= 11 is 0. The highest BCUT2D eigenvalue weighted by Gasteiger charge is 2.38. The molecule has 0 saturated heterocycles. The van der Waals surface area contributed by atoms with Gasteiger partial charge < -0.3 is 15.5 Å². The fourth-order valence-corrected chi connectivity index (χ4v) is 2.95. The van der Waals surface area contributed by atoms with Crippen LogP contribution in [-0.2, 0) is 11.2 Å². The summed E-state index contributed by atoms with van der Waals surface area (Å²) in [4.78, 5) is 12.3. The van der Waals surface area contributed by atoms with Crippen molar-refractivity contribution in [3.05, 3.63) is 24.2 Å². The van der Waals surface area contributed by atoms with Gasteiger partial charge in [0.05, 0.1) is 11.8 Å². The molecular weight excluding hydrogens is 240 g/mol. The number of nitrogens with two attached hydrogens (primary N) is 1. The predicted molar refractivity (Wildman–Crippen MR) is 74.6 cm³/mol. The Labute approximate surface area is 114 Å². The molecule has 1 aliphatic carbocycles. The van der Waals surface area contributed by atoms with Crippen LogP contribution in [-0.4, -0.2) is 17.5 Å². The second-order valence-electron chi connectivity index (χ2n) is 6.02. The molecule has 4 nitrogen and oxygen atoms in total. The van der Waals surface area contributed by atoms with Crippen LogP contribution in [0.1, 0.15) is 45.3 Å². The quantitative estimate of drug-likeness (QED) is 0.876. The van der Waals surface area contributed by atoms with Crippen molar-refractivity contribution in [1.29, 1.82) is 0 Å². The third-order valence-corrected chi connectivity index (χ3v) is 3.95. The maximum absolute atomic E-state index is 12.3. The van der Waals surface area contributed by atoms with Crippen LogP contribution in [0.3, 0.4) is 0 Å². The summed E-state index contributed by atoms with van der Waals surface area (Å²) in [5.74, 6) is 1.40. The summed E-state index contributed by atoms with van der Waals surface area (Å²) in [5.41, 5.74) is 5.59. The van der Waals surface area contributed by atoms with E-state index in [-0.39, 0.29) is 11.9 Å². The van der Waals surface area contributed by atoms with Crippen molar-refractivity contribution in [1.82, 2.24) is 5.32 Å². The lowest BCUT2D eigenvalue weighted by Gasteiger charge is -2.36. The van der Waals surface area contributed by atoms with Gasteiger partial charge in [-0.1, -0.05) is 19.8 Å². The molecule has 0 bridgehead atoms. The summed E-state index contributed by atoms with van der Waals surface area (Å²) in [6.45, 7) is 4.15. The maximum atomic E-state index is 12.3. The van der Waals surface area contributed by atoms with Gasteiger partial charge in [-0.3, -0.25) is 4.79 Å². The molecule has 106 valence electrons. The molecule has 3 N–H and O–H groups in total. The van der Waals surface area contributed by atoms with Gasteiger partial charge >= 0.3 is 0 Å². The van der Waals surface area contributed by atoms with Gasteiger partial charge in [-0.15, -0.1) is 0 Å². The van der Waals surface area contributed by atoms with Gasteiger partial charge in [0, 0.05) is 12.5 Å². The average molecular weight is 264 g/mol.